The minimum absolute atomic E-state index is 0.195. The van der Waals surface area contributed by atoms with Gasteiger partial charge in [0, 0.05) is 33.2 Å². The maximum atomic E-state index is 13.0. The molecule has 0 fully saturated rings. The molecule has 3 aromatic carbocycles. The van der Waals surface area contributed by atoms with Gasteiger partial charge in [0.25, 0.3) is 0 Å². The lowest BCUT2D eigenvalue weighted by Gasteiger charge is -2.15. The zero-order valence-corrected chi connectivity index (χ0v) is 18.6. The van der Waals surface area contributed by atoms with Crippen LogP contribution >= 0.6 is 34.8 Å². The smallest absolute Gasteiger partial charge is 0.163 e. The van der Waals surface area contributed by atoms with Crippen LogP contribution < -0.4 is 14.8 Å². The second-order valence-electron chi connectivity index (χ2n) is 6.64. The molecule has 3 nitrogen and oxygen atoms in total. The van der Waals surface area contributed by atoms with Crippen LogP contribution in [-0.2, 0) is 19.6 Å². The first-order valence-electron chi connectivity index (χ1n) is 9.35. The molecule has 0 amide bonds. The Kier molecular flexibility index (Phi) is 8.23. The minimum Gasteiger partial charge on any atom is -0.493 e. The lowest BCUT2D eigenvalue weighted by molar-refractivity contribution is 0.284. The van der Waals surface area contributed by atoms with E-state index in [9.17, 15) is 4.39 Å². The number of rotatable bonds is 9. The summed E-state index contributed by atoms with van der Waals surface area (Å²) < 4.78 is 24.3. The number of methoxy groups -OCH3 is 1. The molecule has 0 saturated carbocycles. The van der Waals surface area contributed by atoms with Gasteiger partial charge in [0.1, 0.15) is 12.4 Å². The van der Waals surface area contributed by atoms with E-state index in [1.54, 1.807) is 43.5 Å². The molecule has 0 heterocycles. The molecular weight excluding hydrogens is 448 g/mol. The number of ether oxygens (including phenoxy) is 2. The molecule has 0 aromatic heterocycles. The summed E-state index contributed by atoms with van der Waals surface area (Å²) in [5.41, 5.74) is 2.65. The second-order valence-corrected chi connectivity index (χ2v) is 7.86. The third-order valence-electron chi connectivity index (χ3n) is 4.59. The molecule has 1 N–H and O–H groups in total. The van der Waals surface area contributed by atoms with Gasteiger partial charge in [-0.3, -0.25) is 0 Å². The van der Waals surface area contributed by atoms with Crippen molar-refractivity contribution in [2.75, 3.05) is 13.7 Å². The Morgan fingerprint density at radius 1 is 0.900 bits per heavy atom. The van der Waals surface area contributed by atoms with Gasteiger partial charge in [-0.2, -0.15) is 0 Å². The molecule has 3 rings (SSSR count). The fraction of sp³-hybridized carbons (Fsp3) is 0.217. The van der Waals surface area contributed by atoms with E-state index in [0.29, 0.717) is 38.7 Å². The molecule has 158 valence electrons. The maximum absolute atomic E-state index is 13.0. The zero-order valence-electron chi connectivity index (χ0n) is 16.4. The van der Waals surface area contributed by atoms with E-state index in [4.69, 9.17) is 44.3 Å². The molecule has 0 aliphatic rings. The van der Waals surface area contributed by atoms with Crippen molar-refractivity contribution in [1.29, 1.82) is 0 Å². The zero-order chi connectivity index (χ0) is 21.5. The van der Waals surface area contributed by atoms with Crippen molar-refractivity contribution in [1.82, 2.24) is 5.32 Å². The molecule has 0 aliphatic carbocycles. The molecule has 3 aromatic rings. The van der Waals surface area contributed by atoms with Crippen LogP contribution in [0, 0.1) is 5.82 Å². The Labute approximate surface area is 190 Å². The molecule has 7 heteroatoms. The van der Waals surface area contributed by atoms with Crippen molar-refractivity contribution < 1.29 is 13.9 Å². The average Bonchev–Trinajstić information content (AvgIpc) is 2.73. The molecule has 0 atom stereocenters. The van der Waals surface area contributed by atoms with Gasteiger partial charge >= 0.3 is 0 Å². The van der Waals surface area contributed by atoms with Gasteiger partial charge < -0.3 is 14.8 Å². The minimum atomic E-state index is -0.232. The van der Waals surface area contributed by atoms with Crippen LogP contribution in [0.3, 0.4) is 0 Å². The monoisotopic (exact) mass is 467 g/mol. The standard InChI is InChI=1S/C23H21Cl3FNO2/c1-29-22-11-16(13-28-10-9-15-5-7-17(27)8-6-15)21(26)12-23(22)30-14-18-19(24)3-2-4-20(18)25/h2-8,11-12,28H,9-10,13-14H2,1H3. The highest BCUT2D eigenvalue weighted by Gasteiger charge is 2.13. The van der Waals surface area contributed by atoms with Crippen molar-refractivity contribution in [3.05, 3.63) is 92.2 Å². The van der Waals surface area contributed by atoms with Crippen molar-refractivity contribution in [3.63, 3.8) is 0 Å². The van der Waals surface area contributed by atoms with E-state index in [1.807, 2.05) is 6.07 Å². The van der Waals surface area contributed by atoms with E-state index >= 15 is 0 Å². The van der Waals surface area contributed by atoms with Crippen LogP contribution in [0.1, 0.15) is 16.7 Å². The van der Waals surface area contributed by atoms with Gasteiger partial charge in [0.2, 0.25) is 0 Å². The summed E-state index contributed by atoms with van der Waals surface area (Å²) in [5.74, 6) is 0.844. The van der Waals surface area contributed by atoms with Gasteiger partial charge in [0.05, 0.1) is 7.11 Å². The highest BCUT2D eigenvalue weighted by molar-refractivity contribution is 6.36. The fourth-order valence-electron chi connectivity index (χ4n) is 2.91. The van der Waals surface area contributed by atoms with E-state index in [-0.39, 0.29) is 12.4 Å². The Balaban J connectivity index is 1.61. The summed E-state index contributed by atoms with van der Waals surface area (Å²) in [4.78, 5) is 0. The molecule has 0 bridgehead atoms. The van der Waals surface area contributed by atoms with Crippen LogP contribution in [0.25, 0.3) is 0 Å². The predicted molar refractivity (Wildman–Crippen MR) is 121 cm³/mol. The van der Waals surface area contributed by atoms with Crippen LogP contribution in [-0.4, -0.2) is 13.7 Å². The SMILES string of the molecule is COc1cc(CNCCc2ccc(F)cc2)c(Cl)cc1OCc1c(Cl)cccc1Cl. The molecule has 0 unspecified atom stereocenters. The van der Waals surface area contributed by atoms with Crippen molar-refractivity contribution in [3.8, 4) is 11.5 Å². The number of halogens is 4. The first-order valence-corrected chi connectivity index (χ1v) is 10.5. The van der Waals surface area contributed by atoms with Gasteiger partial charge in [-0.25, -0.2) is 4.39 Å². The molecular formula is C23H21Cl3FNO2. The Morgan fingerprint density at radius 3 is 2.27 bits per heavy atom. The van der Waals surface area contributed by atoms with Gasteiger partial charge in [-0.1, -0.05) is 53.0 Å². The van der Waals surface area contributed by atoms with Crippen molar-refractivity contribution in [2.24, 2.45) is 0 Å². The number of hydrogen-bond acceptors (Lipinski definition) is 3. The van der Waals surface area contributed by atoms with Crippen LogP contribution in [0.15, 0.2) is 54.6 Å². The van der Waals surface area contributed by atoms with Crippen LogP contribution in [0.2, 0.25) is 15.1 Å². The third-order valence-corrected chi connectivity index (χ3v) is 5.65. The predicted octanol–water partition coefficient (Wildman–Crippen LogP) is 6.71. The second kappa shape index (κ2) is 10.9. The summed E-state index contributed by atoms with van der Waals surface area (Å²) in [5, 5.41) is 4.97. The molecule has 0 aliphatic heterocycles. The largest absolute Gasteiger partial charge is 0.493 e. The summed E-state index contributed by atoms with van der Waals surface area (Å²) in [6, 6.07) is 15.4. The van der Waals surface area contributed by atoms with Gasteiger partial charge in [-0.15, -0.1) is 0 Å². The fourth-order valence-corrected chi connectivity index (χ4v) is 3.64. The Hall–Kier alpha value is -1.98. The Morgan fingerprint density at radius 2 is 1.60 bits per heavy atom. The normalized spacial score (nSPS) is 10.8. The van der Waals surface area contributed by atoms with Crippen molar-refractivity contribution >= 4 is 34.8 Å². The molecule has 0 radical (unpaired) electrons. The summed E-state index contributed by atoms with van der Waals surface area (Å²) in [7, 11) is 1.57. The summed E-state index contributed by atoms with van der Waals surface area (Å²) in [6.45, 7) is 1.49. The van der Waals surface area contributed by atoms with Gasteiger partial charge in [-0.05, 0) is 54.4 Å². The molecule has 30 heavy (non-hydrogen) atoms. The van der Waals surface area contributed by atoms with Gasteiger partial charge in [0.15, 0.2) is 11.5 Å². The molecule has 0 saturated heterocycles. The maximum Gasteiger partial charge on any atom is 0.163 e. The highest BCUT2D eigenvalue weighted by atomic mass is 35.5. The summed E-state index contributed by atoms with van der Waals surface area (Å²) >= 11 is 18.8. The molecule has 0 spiro atoms. The first kappa shape index (κ1) is 22.7. The lowest BCUT2D eigenvalue weighted by atomic mass is 10.1. The quantitative estimate of drug-likeness (QED) is 0.354. The Bertz CT molecular complexity index is 976. The number of benzene rings is 3. The van der Waals surface area contributed by atoms with E-state index in [2.05, 4.69) is 5.32 Å². The van der Waals surface area contributed by atoms with E-state index in [1.165, 1.54) is 12.1 Å². The number of nitrogens with one attached hydrogen (secondary N) is 1. The van der Waals surface area contributed by atoms with Crippen LogP contribution in [0.5, 0.6) is 11.5 Å². The first-order chi connectivity index (χ1) is 14.5. The van der Waals surface area contributed by atoms with Crippen LogP contribution in [0.4, 0.5) is 4.39 Å². The summed E-state index contributed by atoms with van der Waals surface area (Å²) in [6.07, 6.45) is 0.787. The average molecular weight is 469 g/mol. The number of hydrogen-bond donors (Lipinski definition) is 1. The lowest BCUT2D eigenvalue weighted by Crippen LogP contribution is -2.17. The topological polar surface area (TPSA) is 30.5 Å². The van der Waals surface area contributed by atoms with E-state index in [0.717, 1.165) is 24.1 Å². The van der Waals surface area contributed by atoms with Crippen molar-refractivity contribution in [2.45, 2.75) is 19.6 Å². The highest BCUT2D eigenvalue weighted by Crippen LogP contribution is 2.35. The van der Waals surface area contributed by atoms with E-state index < -0.39 is 0 Å². The third kappa shape index (κ3) is 6.02.